The topological polar surface area (TPSA) is 12.5 Å². The second-order valence-corrected chi connectivity index (χ2v) is 5.29. The molecule has 1 aromatic carbocycles. The highest BCUT2D eigenvalue weighted by molar-refractivity contribution is 5.35. The maximum absolute atomic E-state index is 12.9. The molecule has 3 aliphatic rings. The molecule has 3 fully saturated rings. The molecule has 4 rings (SSSR count). The van der Waals surface area contributed by atoms with Gasteiger partial charge in [0.2, 0.25) is 0 Å². The Morgan fingerprint density at radius 2 is 1.79 bits per heavy atom. The van der Waals surface area contributed by atoms with E-state index in [1.807, 2.05) is 0 Å². The fraction of sp³-hybridized carbons (Fsp3) is 0.571. The number of rotatable bonds is 2. The number of benzene rings is 1. The van der Waals surface area contributed by atoms with Crippen molar-refractivity contribution in [1.29, 1.82) is 0 Å². The molecule has 3 aliphatic heterocycles. The van der Waals surface area contributed by atoms with E-state index in [2.05, 4.69) is 4.90 Å². The summed E-state index contributed by atoms with van der Waals surface area (Å²) >= 11 is 0. The van der Waals surface area contributed by atoms with Crippen LogP contribution in [-0.4, -0.2) is 30.6 Å². The van der Waals surface area contributed by atoms with Crippen molar-refractivity contribution in [3.8, 4) is 5.75 Å². The third-order valence-electron chi connectivity index (χ3n) is 4.07. The van der Waals surface area contributed by atoms with Gasteiger partial charge in [-0.1, -0.05) is 12.1 Å². The van der Waals surface area contributed by atoms with E-state index in [-0.39, 0.29) is 11.9 Å². The van der Waals surface area contributed by atoms with E-state index in [4.69, 9.17) is 4.74 Å². The van der Waals surface area contributed by atoms with Crippen LogP contribution in [-0.2, 0) is 6.18 Å². The molecular weight excluding hydrogens is 255 g/mol. The van der Waals surface area contributed by atoms with E-state index >= 15 is 0 Å². The van der Waals surface area contributed by atoms with E-state index in [0.717, 1.165) is 38.5 Å². The Hall–Kier alpha value is -1.23. The van der Waals surface area contributed by atoms with Gasteiger partial charge in [-0.05, 0) is 44.0 Å². The third kappa shape index (κ3) is 2.56. The van der Waals surface area contributed by atoms with E-state index < -0.39 is 11.7 Å². The van der Waals surface area contributed by atoms with Gasteiger partial charge in [0, 0.05) is 6.54 Å². The first-order valence-electron chi connectivity index (χ1n) is 6.59. The van der Waals surface area contributed by atoms with Crippen molar-refractivity contribution in [2.75, 3.05) is 19.6 Å². The van der Waals surface area contributed by atoms with Gasteiger partial charge in [0.25, 0.3) is 0 Å². The predicted molar refractivity (Wildman–Crippen MR) is 65.0 cm³/mol. The van der Waals surface area contributed by atoms with Gasteiger partial charge in [0.15, 0.2) is 0 Å². The first-order valence-corrected chi connectivity index (χ1v) is 6.59. The summed E-state index contributed by atoms with van der Waals surface area (Å²) in [5, 5.41) is 0. The molecule has 0 N–H and O–H groups in total. The normalized spacial score (nSPS) is 30.4. The van der Waals surface area contributed by atoms with Gasteiger partial charge in [-0.3, -0.25) is 4.90 Å². The van der Waals surface area contributed by atoms with E-state index in [9.17, 15) is 13.2 Å². The van der Waals surface area contributed by atoms with Crippen molar-refractivity contribution in [1.82, 2.24) is 4.90 Å². The lowest BCUT2D eigenvalue weighted by molar-refractivity contribution is -0.140. The lowest BCUT2D eigenvalue weighted by atomic mass is 9.86. The van der Waals surface area contributed by atoms with Gasteiger partial charge in [-0.2, -0.15) is 13.2 Å². The SMILES string of the molecule is FC(F)(F)c1ccccc1OC1CN2CCC1CC2. The van der Waals surface area contributed by atoms with Gasteiger partial charge in [-0.25, -0.2) is 0 Å². The predicted octanol–water partition coefficient (Wildman–Crippen LogP) is 3.18. The molecule has 1 atom stereocenters. The smallest absolute Gasteiger partial charge is 0.419 e. The van der Waals surface area contributed by atoms with Crippen molar-refractivity contribution < 1.29 is 17.9 Å². The quantitative estimate of drug-likeness (QED) is 0.819. The van der Waals surface area contributed by atoms with Gasteiger partial charge in [0.1, 0.15) is 11.9 Å². The highest BCUT2D eigenvalue weighted by atomic mass is 19.4. The average Bonchev–Trinajstić information content (AvgIpc) is 2.39. The lowest BCUT2D eigenvalue weighted by Crippen LogP contribution is -2.52. The van der Waals surface area contributed by atoms with Crippen LogP contribution in [0.15, 0.2) is 24.3 Å². The molecule has 0 radical (unpaired) electrons. The molecule has 104 valence electrons. The van der Waals surface area contributed by atoms with E-state index in [0.29, 0.717) is 5.92 Å². The second-order valence-electron chi connectivity index (χ2n) is 5.29. The van der Waals surface area contributed by atoms with E-state index in [1.165, 1.54) is 12.1 Å². The molecule has 0 saturated carbocycles. The Kier molecular flexibility index (Phi) is 3.17. The fourth-order valence-corrected chi connectivity index (χ4v) is 3.01. The highest BCUT2D eigenvalue weighted by Gasteiger charge is 2.38. The Labute approximate surface area is 110 Å². The summed E-state index contributed by atoms with van der Waals surface area (Å²) < 4.78 is 44.4. The fourth-order valence-electron chi connectivity index (χ4n) is 3.01. The van der Waals surface area contributed by atoms with E-state index in [1.54, 1.807) is 6.07 Å². The standard InChI is InChI=1S/C14H16F3NO/c15-14(16,17)11-3-1-2-4-12(11)19-13-9-18-7-5-10(13)6-8-18/h1-4,10,13H,5-9H2. The lowest BCUT2D eigenvalue weighted by Gasteiger charge is -2.44. The molecule has 3 saturated heterocycles. The summed E-state index contributed by atoms with van der Waals surface area (Å²) in [7, 11) is 0. The van der Waals surface area contributed by atoms with Crippen LogP contribution in [0.1, 0.15) is 18.4 Å². The van der Waals surface area contributed by atoms with Crippen molar-refractivity contribution >= 4 is 0 Å². The van der Waals surface area contributed by atoms with Crippen LogP contribution < -0.4 is 4.74 Å². The first kappa shape index (κ1) is 12.8. The Bertz CT molecular complexity index is 452. The number of nitrogens with zero attached hydrogens (tertiary/aromatic N) is 1. The Morgan fingerprint density at radius 3 is 2.37 bits per heavy atom. The molecule has 5 heteroatoms. The highest BCUT2D eigenvalue weighted by Crippen LogP contribution is 2.38. The van der Waals surface area contributed by atoms with Crippen LogP contribution in [0.2, 0.25) is 0 Å². The van der Waals surface area contributed by atoms with Crippen molar-refractivity contribution in [2.24, 2.45) is 5.92 Å². The molecule has 0 spiro atoms. The second kappa shape index (κ2) is 4.71. The van der Waals surface area contributed by atoms with Crippen LogP contribution in [0.3, 0.4) is 0 Å². The molecule has 0 aliphatic carbocycles. The minimum atomic E-state index is -4.36. The largest absolute Gasteiger partial charge is 0.488 e. The minimum absolute atomic E-state index is 0.0336. The number of fused-ring (bicyclic) bond motifs is 3. The van der Waals surface area contributed by atoms with Crippen LogP contribution in [0.4, 0.5) is 13.2 Å². The number of hydrogen-bond acceptors (Lipinski definition) is 2. The zero-order chi connectivity index (χ0) is 13.5. The molecule has 2 nitrogen and oxygen atoms in total. The number of piperidine rings is 3. The van der Waals surface area contributed by atoms with Crippen LogP contribution >= 0.6 is 0 Å². The molecule has 0 aromatic heterocycles. The number of alkyl halides is 3. The third-order valence-corrected chi connectivity index (χ3v) is 4.07. The van der Waals surface area contributed by atoms with Gasteiger partial charge < -0.3 is 4.74 Å². The van der Waals surface area contributed by atoms with Crippen molar-refractivity contribution in [3.05, 3.63) is 29.8 Å². The Morgan fingerprint density at radius 1 is 1.11 bits per heavy atom. The van der Waals surface area contributed by atoms with Crippen molar-refractivity contribution in [2.45, 2.75) is 25.1 Å². The maximum Gasteiger partial charge on any atom is 0.419 e. The zero-order valence-corrected chi connectivity index (χ0v) is 10.5. The van der Waals surface area contributed by atoms with Crippen molar-refractivity contribution in [3.63, 3.8) is 0 Å². The molecule has 19 heavy (non-hydrogen) atoms. The van der Waals surface area contributed by atoms with Gasteiger partial charge in [-0.15, -0.1) is 0 Å². The number of ether oxygens (including phenoxy) is 1. The molecule has 1 aromatic rings. The molecule has 3 heterocycles. The monoisotopic (exact) mass is 271 g/mol. The summed E-state index contributed by atoms with van der Waals surface area (Å²) in [4.78, 5) is 2.26. The average molecular weight is 271 g/mol. The molecule has 1 unspecified atom stereocenters. The maximum atomic E-state index is 12.9. The Balaban J connectivity index is 1.80. The van der Waals surface area contributed by atoms with Gasteiger partial charge >= 0.3 is 6.18 Å². The summed E-state index contributed by atoms with van der Waals surface area (Å²) in [6, 6.07) is 5.48. The summed E-state index contributed by atoms with van der Waals surface area (Å²) in [5.74, 6) is 0.361. The van der Waals surface area contributed by atoms with Crippen LogP contribution in [0, 0.1) is 5.92 Å². The number of halogens is 3. The number of para-hydroxylation sites is 1. The molecule has 0 amide bonds. The number of hydrogen-bond donors (Lipinski definition) is 0. The first-order chi connectivity index (χ1) is 9.04. The summed E-state index contributed by atoms with van der Waals surface area (Å²) in [6.45, 7) is 2.84. The zero-order valence-electron chi connectivity index (χ0n) is 10.5. The summed E-state index contributed by atoms with van der Waals surface area (Å²) in [5.41, 5.74) is -0.675. The van der Waals surface area contributed by atoms with Gasteiger partial charge in [0.05, 0.1) is 5.56 Å². The van der Waals surface area contributed by atoms with Crippen LogP contribution in [0.25, 0.3) is 0 Å². The minimum Gasteiger partial charge on any atom is -0.488 e. The molecule has 2 bridgehead atoms. The summed E-state index contributed by atoms with van der Waals surface area (Å²) in [6.07, 6.45) is -2.41. The van der Waals surface area contributed by atoms with Crippen LogP contribution in [0.5, 0.6) is 5.75 Å². The molecular formula is C14H16F3NO.